The number of hydrogen-bond donors (Lipinski definition) is 2. The molecule has 0 radical (unpaired) electrons. The highest BCUT2D eigenvalue weighted by Crippen LogP contribution is 2.47. The Hall–Kier alpha value is -1.90. The van der Waals surface area contributed by atoms with Crippen molar-refractivity contribution in [2.75, 3.05) is 0 Å². The predicted octanol–water partition coefficient (Wildman–Crippen LogP) is 5.19. The largest absolute Gasteiger partial charge is 0.389 e. The van der Waals surface area contributed by atoms with Crippen molar-refractivity contribution in [3.8, 4) is 0 Å². The second-order valence-corrected chi connectivity index (χ2v) is 7.47. The zero-order valence-corrected chi connectivity index (χ0v) is 15.3. The van der Waals surface area contributed by atoms with Gasteiger partial charge in [0, 0.05) is 18.0 Å². The molecule has 0 amide bonds. The molecule has 1 fully saturated rings. The molecule has 0 unspecified atom stereocenters. The van der Waals surface area contributed by atoms with Gasteiger partial charge in [-0.15, -0.1) is 6.58 Å². The molecule has 2 aromatic rings. The lowest BCUT2D eigenvalue weighted by Crippen LogP contribution is -2.53. The minimum atomic E-state index is -0.743. The Labute approximate surface area is 151 Å². The Morgan fingerprint density at radius 1 is 1.08 bits per heavy atom. The fourth-order valence-electron chi connectivity index (χ4n) is 4.44. The van der Waals surface area contributed by atoms with E-state index in [0.29, 0.717) is 12.8 Å². The van der Waals surface area contributed by atoms with Crippen molar-refractivity contribution >= 4 is 0 Å². The normalized spacial score (nSPS) is 29.3. The summed E-state index contributed by atoms with van der Waals surface area (Å²) >= 11 is 0. The van der Waals surface area contributed by atoms with Crippen molar-refractivity contribution in [2.45, 2.75) is 50.8 Å². The van der Waals surface area contributed by atoms with E-state index in [0.717, 1.165) is 12.0 Å². The third kappa shape index (κ3) is 3.86. The maximum absolute atomic E-state index is 11.7. The summed E-state index contributed by atoms with van der Waals surface area (Å²) in [4.78, 5) is 0. The molecule has 1 aliphatic rings. The molecular formula is C23H29NO. The molecular weight excluding hydrogens is 306 g/mol. The first-order valence-electron chi connectivity index (χ1n) is 9.26. The average Bonchev–Trinajstić information content (AvgIpc) is 2.61. The minimum absolute atomic E-state index is 0.134. The summed E-state index contributed by atoms with van der Waals surface area (Å²) in [6, 6.07) is 21.3. The summed E-state index contributed by atoms with van der Waals surface area (Å²) in [6.45, 7) is 8.27. The maximum Gasteiger partial charge on any atom is 0.0748 e. The van der Waals surface area contributed by atoms with Gasteiger partial charge in [0.15, 0.2) is 0 Å². The topological polar surface area (TPSA) is 32.3 Å². The molecule has 0 saturated carbocycles. The Morgan fingerprint density at radius 3 is 2.16 bits per heavy atom. The zero-order valence-electron chi connectivity index (χ0n) is 15.3. The van der Waals surface area contributed by atoms with Gasteiger partial charge in [0.2, 0.25) is 0 Å². The molecule has 2 nitrogen and oxygen atoms in total. The van der Waals surface area contributed by atoms with Crippen LogP contribution in [0.2, 0.25) is 0 Å². The van der Waals surface area contributed by atoms with Crippen LogP contribution in [0, 0.1) is 5.92 Å². The van der Waals surface area contributed by atoms with Crippen LogP contribution >= 0.6 is 0 Å². The van der Waals surface area contributed by atoms with Crippen LogP contribution < -0.4 is 5.32 Å². The summed E-state index contributed by atoms with van der Waals surface area (Å²) < 4.78 is 0. The molecule has 0 aromatic heterocycles. The highest BCUT2D eigenvalue weighted by Gasteiger charge is 2.47. The highest BCUT2D eigenvalue weighted by atomic mass is 16.3. The van der Waals surface area contributed by atoms with E-state index in [1.54, 1.807) is 0 Å². The molecule has 132 valence electrons. The highest BCUT2D eigenvalue weighted by molar-refractivity contribution is 5.27. The van der Waals surface area contributed by atoms with Crippen LogP contribution in [0.5, 0.6) is 0 Å². The van der Waals surface area contributed by atoms with Gasteiger partial charge in [-0.25, -0.2) is 0 Å². The fourth-order valence-corrected chi connectivity index (χ4v) is 4.44. The second kappa shape index (κ2) is 7.55. The van der Waals surface area contributed by atoms with Crippen molar-refractivity contribution in [1.29, 1.82) is 0 Å². The lowest BCUT2D eigenvalue weighted by molar-refractivity contribution is -0.0759. The Bertz CT molecular complexity index is 697. The van der Waals surface area contributed by atoms with Crippen molar-refractivity contribution < 1.29 is 5.11 Å². The molecule has 3 rings (SSSR count). The predicted molar refractivity (Wildman–Crippen MR) is 104 cm³/mol. The number of benzene rings is 2. The van der Waals surface area contributed by atoms with E-state index in [1.807, 2.05) is 19.1 Å². The van der Waals surface area contributed by atoms with Gasteiger partial charge in [-0.05, 0) is 37.3 Å². The van der Waals surface area contributed by atoms with E-state index in [9.17, 15) is 5.11 Å². The molecule has 4 atom stereocenters. The summed E-state index contributed by atoms with van der Waals surface area (Å²) in [7, 11) is 0. The zero-order chi connectivity index (χ0) is 17.9. The van der Waals surface area contributed by atoms with Gasteiger partial charge in [-0.2, -0.15) is 0 Å². The second-order valence-electron chi connectivity index (χ2n) is 7.47. The van der Waals surface area contributed by atoms with Crippen LogP contribution in [0.15, 0.2) is 72.8 Å². The smallest absolute Gasteiger partial charge is 0.0748 e. The van der Waals surface area contributed by atoms with Crippen LogP contribution in [0.25, 0.3) is 0 Å². The maximum atomic E-state index is 11.7. The molecule has 1 aliphatic heterocycles. The van der Waals surface area contributed by atoms with Gasteiger partial charge < -0.3 is 10.4 Å². The number of hydrogen-bond acceptors (Lipinski definition) is 2. The Balaban J connectivity index is 2.01. The lowest BCUT2D eigenvalue weighted by atomic mass is 9.67. The summed E-state index contributed by atoms with van der Waals surface area (Å²) in [5.74, 6) is 0.159. The van der Waals surface area contributed by atoms with Crippen molar-refractivity contribution in [2.24, 2.45) is 5.92 Å². The van der Waals surface area contributed by atoms with Crippen LogP contribution in [0.1, 0.15) is 56.3 Å². The number of nitrogens with one attached hydrogen (secondary N) is 1. The first-order valence-corrected chi connectivity index (χ1v) is 9.26. The molecule has 2 aromatic carbocycles. The summed E-state index contributed by atoms with van der Waals surface area (Å²) in [6.07, 6.45) is 2.30. The van der Waals surface area contributed by atoms with E-state index in [2.05, 4.69) is 67.4 Å². The standard InChI is InChI=1S/C23H29NO/c1-4-20-22(19-13-9-6-10-14-19)24-21(18-11-7-5-8-12-18)16-23(20,25)15-17(2)3/h5-14,20-22,24-25H,2,4,15-16H2,1,3H3/t20-,21-,22-,23-/m0/s1. The van der Waals surface area contributed by atoms with Crippen molar-refractivity contribution in [1.82, 2.24) is 5.32 Å². The quantitative estimate of drug-likeness (QED) is 0.737. The first-order chi connectivity index (χ1) is 12.0. The van der Waals surface area contributed by atoms with Gasteiger partial charge >= 0.3 is 0 Å². The van der Waals surface area contributed by atoms with Crippen LogP contribution in [-0.2, 0) is 0 Å². The molecule has 2 N–H and O–H groups in total. The fraction of sp³-hybridized carbons (Fsp3) is 0.391. The average molecular weight is 335 g/mol. The summed E-state index contributed by atoms with van der Waals surface area (Å²) in [5.41, 5.74) is 2.78. The lowest BCUT2D eigenvalue weighted by Gasteiger charge is -2.49. The molecule has 0 aliphatic carbocycles. The van der Waals surface area contributed by atoms with Crippen molar-refractivity contribution in [3.05, 3.63) is 83.9 Å². The van der Waals surface area contributed by atoms with E-state index >= 15 is 0 Å². The molecule has 2 heteroatoms. The van der Waals surface area contributed by atoms with Crippen molar-refractivity contribution in [3.63, 3.8) is 0 Å². The van der Waals surface area contributed by atoms with E-state index in [1.165, 1.54) is 11.1 Å². The van der Waals surface area contributed by atoms with E-state index in [4.69, 9.17) is 0 Å². The molecule has 0 bridgehead atoms. The SMILES string of the molecule is C=C(C)C[C@]1(O)C[C@@H](c2ccccc2)N[C@@H](c2ccccc2)[C@@H]1CC. The monoisotopic (exact) mass is 335 g/mol. The number of aliphatic hydroxyl groups is 1. The van der Waals surface area contributed by atoms with Gasteiger partial charge in [0.05, 0.1) is 5.60 Å². The van der Waals surface area contributed by atoms with Gasteiger partial charge in [0.25, 0.3) is 0 Å². The van der Waals surface area contributed by atoms with Gasteiger partial charge in [0.1, 0.15) is 0 Å². The third-order valence-corrected chi connectivity index (χ3v) is 5.44. The minimum Gasteiger partial charge on any atom is -0.389 e. The molecule has 0 spiro atoms. The van der Waals surface area contributed by atoms with Gasteiger partial charge in [-0.3, -0.25) is 0 Å². The summed E-state index contributed by atoms with van der Waals surface area (Å²) in [5, 5.41) is 15.5. The number of rotatable bonds is 5. The molecule has 1 heterocycles. The number of piperidine rings is 1. The Morgan fingerprint density at radius 2 is 1.64 bits per heavy atom. The van der Waals surface area contributed by atoms with E-state index in [-0.39, 0.29) is 18.0 Å². The third-order valence-electron chi connectivity index (χ3n) is 5.44. The van der Waals surface area contributed by atoms with Crippen LogP contribution in [0.3, 0.4) is 0 Å². The van der Waals surface area contributed by atoms with E-state index < -0.39 is 5.60 Å². The van der Waals surface area contributed by atoms with Gasteiger partial charge in [-0.1, -0.05) is 73.2 Å². The molecule has 25 heavy (non-hydrogen) atoms. The molecule has 1 saturated heterocycles. The van der Waals surface area contributed by atoms with Crippen LogP contribution in [-0.4, -0.2) is 10.7 Å². The van der Waals surface area contributed by atoms with Crippen LogP contribution in [0.4, 0.5) is 0 Å². The Kier molecular flexibility index (Phi) is 5.41. The first kappa shape index (κ1) is 17.9.